The number of carbonyl (C=O) groups excluding carboxylic acids is 1. The molecule has 0 radical (unpaired) electrons. The molecule has 0 spiro atoms. The van der Waals surface area contributed by atoms with E-state index in [1.807, 2.05) is 30.3 Å². The maximum atomic E-state index is 11.6. The van der Waals surface area contributed by atoms with Gasteiger partial charge in [0.25, 0.3) is 0 Å². The summed E-state index contributed by atoms with van der Waals surface area (Å²) >= 11 is 2.62. The average Bonchev–Trinajstić information content (AvgIpc) is 2.81. The summed E-state index contributed by atoms with van der Waals surface area (Å²) in [5, 5.41) is 10.8. The van der Waals surface area contributed by atoms with E-state index in [-0.39, 0.29) is 5.91 Å². The van der Waals surface area contributed by atoms with Crippen LogP contribution in [0.15, 0.2) is 34.7 Å². The van der Waals surface area contributed by atoms with Crippen LogP contribution in [0.25, 0.3) is 0 Å². The largest absolute Gasteiger partial charge is 0.374 e. The van der Waals surface area contributed by atoms with Crippen LogP contribution in [0.5, 0.6) is 0 Å². The molecule has 1 aromatic heterocycles. The van der Waals surface area contributed by atoms with Crippen molar-refractivity contribution in [1.82, 2.24) is 15.5 Å². The third-order valence-corrected chi connectivity index (χ3v) is 3.97. The lowest BCUT2D eigenvalue weighted by atomic mass is 10.2. The number of anilines is 1. The van der Waals surface area contributed by atoms with Crippen molar-refractivity contribution in [2.45, 2.75) is 10.9 Å². The van der Waals surface area contributed by atoms with Gasteiger partial charge >= 0.3 is 0 Å². The summed E-state index contributed by atoms with van der Waals surface area (Å²) in [6.45, 7) is 0.540. The molecule has 18 heavy (non-hydrogen) atoms. The van der Waals surface area contributed by atoms with Crippen LogP contribution in [0.4, 0.5) is 5.13 Å². The second-order valence-corrected chi connectivity index (χ2v) is 5.69. The molecule has 1 heterocycles. The Morgan fingerprint density at radius 1 is 1.33 bits per heavy atom. The molecule has 0 aliphatic heterocycles. The summed E-state index contributed by atoms with van der Waals surface area (Å²) in [6, 6.07) is 9.78. The van der Waals surface area contributed by atoms with Crippen LogP contribution < -0.4 is 11.1 Å². The summed E-state index contributed by atoms with van der Waals surface area (Å²) in [4.78, 5) is 11.6. The number of nitrogens with zero attached hydrogens (tertiary/aromatic N) is 2. The molecule has 0 unspecified atom stereocenters. The van der Waals surface area contributed by atoms with Crippen molar-refractivity contribution in [2.24, 2.45) is 0 Å². The first-order valence-electron chi connectivity index (χ1n) is 5.26. The lowest BCUT2D eigenvalue weighted by molar-refractivity contribution is -0.118. The molecule has 1 aromatic carbocycles. The molecule has 0 fully saturated rings. The van der Waals surface area contributed by atoms with Crippen molar-refractivity contribution in [2.75, 3.05) is 11.5 Å². The first-order chi connectivity index (χ1) is 8.74. The third kappa shape index (κ3) is 4.01. The third-order valence-electron chi connectivity index (χ3n) is 2.08. The standard InChI is InChI=1S/C11H12N4OS2/c12-10-14-15-11(18-10)17-7-9(16)13-6-8-4-2-1-3-5-8/h1-5H,6-7H2,(H2,12,14)(H,13,16). The van der Waals surface area contributed by atoms with Gasteiger partial charge in [0, 0.05) is 6.54 Å². The number of rotatable bonds is 5. The van der Waals surface area contributed by atoms with Crippen LogP contribution in [0.2, 0.25) is 0 Å². The smallest absolute Gasteiger partial charge is 0.230 e. The first-order valence-corrected chi connectivity index (χ1v) is 7.06. The van der Waals surface area contributed by atoms with Crippen LogP contribution in [-0.4, -0.2) is 21.9 Å². The zero-order chi connectivity index (χ0) is 12.8. The lowest BCUT2D eigenvalue weighted by Gasteiger charge is -2.03. The van der Waals surface area contributed by atoms with Gasteiger partial charge < -0.3 is 11.1 Å². The molecular weight excluding hydrogens is 268 g/mol. The van der Waals surface area contributed by atoms with Crippen LogP contribution in [0.1, 0.15) is 5.56 Å². The maximum Gasteiger partial charge on any atom is 0.230 e. The minimum Gasteiger partial charge on any atom is -0.374 e. The van der Waals surface area contributed by atoms with Gasteiger partial charge in [0.05, 0.1) is 5.75 Å². The minimum atomic E-state index is -0.0300. The predicted molar refractivity (Wildman–Crippen MR) is 73.3 cm³/mol. The van der Waals surface area contributed by atoms with Crippen LogP contribution in [0, 0.1) is 0 Å². The Bertz CT molecular complexity index is 515. The molecular formula is C11H12N4OS2. The molecule has 3 N–H and O–H groups in total. The fourth-order valence-electron chi connectivity index (χ4n) is 1.25. The number of thioether (sulfide) groups is 1. The highest BCUT2D eigenvalue weighted by molar-refractivity contribution is 8.01. The van der Waals surface area contributed by atoms with Gasteiger partial charge in [-0.1, -0.05) is 53.4 Å². The zero-order valence-corrected chi connectivity index (χ0v) is 11.1. The Labute approximate surface area is 113 Å². The summed E-state index contributed by atoms with van der Waals surface area (Å²) in [5.41, 5.74) is 6.53. The van der Waals surface area contributed by atoms with E-state index in [2.05, 4.69) is 15.5 Å². The normalized spacial score (nSPS) is 10.2. The van der Waals surface area contributed by atoms with E-state index in [1.54, 1.807) is 0 Å². The van der Waals surface area contributed by atoms with Crippen molar-refractivity contribution in [3.05, 3.63) is 35.9 Å². The molecule has 7 heteroatoms. The molecule has 5 nitrogen and oxygen atoms in total. The summed E-state index contributed by atoms with van der Waals surface area (Å²) in [5.74, 6) is 0.291. The average molecular weight is 280 g/mol. The van der Waals surface area contributed by atoms with E-state index in [9.17, 15) is 4.79 Å². The van der Waals surface area contributed by atoms with Crippen LogP contribution >= 0.6 is 23.1 Å². The number of hydrogen-bond acceptors (Lipinski definition) is 6. The number of nitrogens with two attached hydrogens (primary N) is 1. The number of nitrogen functional groups attached to an aromatic ring is 1. The van der Waals surface area contributed by atoms with Crippen LogP contribution in [-0.2, 0) is 11.3 Å². The number of carbonyl (C=O) groups is 1. The first kappa shape index (κ1) is 12.8. The van der Waals surface area contributed by atoms with E-state index in [0.29, 0.717) is 21.8 Å². The zero-order valence-electron chi connectivity index (χ0n) is 9.50. The van der Waals surface area contributed by atoms with E-state index in [0.717, 1.165) is 5.56 Å². The minimum absolute atomic E-state index is 0.0300. The Morgan fingerprint density at radius 2 is 2.11 bits per heavy atom. The molecule has 1 amide bonds. The molecule has 94 valence electrons. The number of benzene rings is 1. The summed E-state index contributed by atoms with van der Waals surface area (Å²) in [7, 11) is 0. The molecule has 0 atom stereocenters. The summed E-state index contributed by atoms with van der Waals surface area (Å²) < 4.78 is 0.711. The van der Waals surface area contributed by atoms with Crippen molar-refractivity contribution < 1.29 is 4.79 Å². The van der Waals surface area contributed by atoms with Crippen molar-refractivity contribution in [3.8, 4) is 0 Å². The topological polar surface area (TPSA) is 80.9 Å². The maximum absolute atomic E-state index is 11.6. The molecule has 0 saturated carbocycles. The van der Waals surface area contributed by atoms with Gasteiger partial charge in [0.2, 0.25) is 11.0 Å². The highest BCUT2D eigenvalue weighted by Gasteiger charge is 2.06. The van der Waals surface area contributed by atoms with Gasteiger partial charge in [-0.15, -0.1) is 10.2 Å². The molecule has 2 aromatic rings. The van der Waals surface area contributed by atoms with Crippen molar-refractivity contribution >= 4 is 34.1 Å². The molecule has 0 saturated heterocycles. The van der Waals surface area contributed by atoms with Crippen molar-refractivity contribution in [1.29, 1.82) is 0 Å². The quantitative estimate of drug-likeness (QED) is 0.812. The monoisotopic (exact) mass is 280 g/mol. The second-order valence-electron chi connectivity index (χ2n) is 3.46. The fourth-order valence-corrected chi connectivity index (χ4v) is 2.72. The van der Waals surface area contributed by atoms with E-state index in [4.69, 9.17) is 5.73 Å². The Morgan fingerprint density at radius 3 is 2.78 bits per heavy atom. The fraction of sp³-hybridized carbons (Fsp3) is 0.182. The van der Waals surface area contributed by atoms with Gasteiger partial charge in [-0.3, -0.25) is 4.79 Å². The molecule has 0 bridgehead atoms. The lowest BCUT2D eigenvalue weighted by Crippen LogP contribution is -2.24. The SMILES string of the molecule is Nc1nnc(SCC(=O)NCc2ccccc2)s1. The molecule has 2 rings (SSSR count). The van der Waals surface area contributed by atoms with E-state index >= 15 is 0 Å². The van der Waals surface area contributed by atoms with E-state index < -0.39 is 0 Å². The number of amides is 1. The van der Waals surface area contributed by atoms with Crippen molar-refractivity contribution in [3.63, 3.8) is 0 Å². The number of hydrogen-bond donors (Lipinski definition) is 2. The molecule has 0 aliphatic carbocycles. The Kier molecular flexibility index (Phi) is 4.54. The van der Waals surface area contributed by atoms with Gasteiger partial charge in [-0.2, -0.15) is 0 Å². The van der Waals surface area contributed by atoms with Gasteiger partial charge in [0.1, 0.15) is 0 Å². The van der Waals surface area contributed by atoms with Gasteiger partial charge in [0.15, 0.2) is 4.34 Å². The Balaban J connectivity index is 1.73. The Hall–Kier alpha value is -1.60. The van der Waals surface area contributed by atoms with Gasteiger partial charge in [-0.25, -0.2) is 0 Å². The van der Waals surface area contributed by atoms with Crippen LogP contribution in [0.3, 0.4) is 0 Å². The highest BCUT2D eigenvalue weighted by Crippen LogP contribution is 2.22. The highest BCUT2D eigenvalue weighted by atomic mass is 32.2. The molecule has 0 aliphatic rings. The predicted octanol–water partition coefficient (Wildman–Crippen LogP) is 1.53. The van der Waals surface area contributed by atoms with E-state index in [1.165, 1.54) is 23.1 Å². The number of nitrogens with one attached hydrogen (secondary N) is 1. The second kappa shape index (κ2) is 6.36. The number of aromatic nitrogens is 2. The van der Waals surface area contributed by atoms with Gasteiger partial charge in [-0.05, 0) is 5.56 Å². The summed E-state index contributed by atoms with van der Waals surface area (Å²) in [6.07, 6.45) is 0.